The predicted octanol–water partition coefficient (Wildman–Crippen LogP) is 1.97. The molecule has 0 radical (unpaired) electrons. The van der Waals surface area contributed by atoms with Crippen LogP contribution >= 0.6 is 0 Å². The molecule has 5 nitrogen and oxygen atoms in total. The smallest absolute Gasteiger partial charge is 0.331 e. The molecule has 0 amide bonds. The number of carboxylic acid groups (broad SMARTS) is 1. The van der Waals surface area contributed by atoms with E-state index in [1.807, 2.05) is 31.2 Å². The first-order valence-electron chi connectivity index (χ1n) is 6.54. The summed E-state index contributed by atoms with van der Waals surface area (Å²) < 4.78 is 0. The highest BCUT2D eigenvalue weighted by molar-refractivity contribution is 5.80. The van der Waals surface area contributed by atoms with Gasteiger partial charge in [-0.2, -0.15) is 0 Å². The van der Waals surface area contributed by atoms with Crippen molar-refractivity contribution in [2.75, 3.05) is 11.4 Å². The molecule has 1 aromatic carbocycles. The fourth-order valence-corrected chi connectivity index (χ4v) is 2.62. The lowest BCUT2D eigenvalue weighted by molar-refractivity contribution is -0.138. The Morgan fingerprint density at radius 2 is 2.15 bits per heavy atom. The Morgan fingerprint density at radius 1 is 1.35 bits per heavy atom. The second-order valence-electron chi connectivity index (χ2n) is 4.88. The van der Waals surface area contributed by atoms with E-state index in [-0.39, 0.29) is 0 Å². The lowest BCUT2D eigenvalue weighted by atomic mass is 9.93. The van der Waals surface area contributed by atoms with Crippen molar-refractivity contribution in [3.63, 3.8) is 0 Å². The summed E-state index contributed by atoms with van der Waals surface area (Å²) in [6.45, 7) is 2.48. The van der Waals surface area contributed by atoms with Crippen molar-refractivity contribution in [2.45, 2.75) is 19.4 Å². The van der Waals surface area contributed by atoms with Crippen LogP contribution in [0.2, 0.25) is 0 Å². The number of aromatic nitrogens is 2. The second-order valence-corrected chi connectivity index (χ2v) is 4.88. The van der Waals surface area contributed by atoms with Gasteiger partial charge in [-0.15, -0.1) is 0 Å². The number of aryl methyl sites for hydroxylation is 1. The molecule has 1 atom stereocenters. The molecule has 3 rings (SSSR count). The van der Waals surface area contributed by atoms with Gasteiger partial charge in [0.05, 0.1) is 0 Å². The number of carbonyl (C=O) groups is 1. The molecule has 0 saturated carbocycles. The van der Waals surface area contributed by atoms with Crippen LogP contribution < -0.4 is 4.90 Å². The van der Waals surface area contributed by atoms with Gasteiger partial charge in [-0.05, 0) is 30.5 Å². The standard InChI is InChI=1S/C15H15N3O2/c1-10-6-8-16-15(17-10)18-9-7-11-4-2-3-5-12(11)13(18)14(19)20/h2-6,8,13H,7,9H2,1H3,(H,19,20). The van der Waals surface area contributed by atoms with E-state index in [4.69, 9.17) is 0 Å². The SMILES string of the molecule is Cc1ccnc(N2CCc3ccccc3C2C(=O)O)n1. The molecule has 1 aromatic heterocycles. The fourth-order valence-electron chi connectivity index (χ4n) is 2.62. The summed E-state index contributed by atoms with van der Waals surface area (Å²) in [7, 11) is 0. The maximum atomic E-state index is 11.7. The van der Waals surface area contributed by atoms with Gasteiger partial charge in [0.15, 0.2) is 6.04 Å². The summed E-state index contributed by atoms with van der Waals surface area (Å²) in [6, 6.07) is 8.75. The molecule has 1 aliphatic heterocycles. The number of benzene rings is 1. The third-order valence-corrected chi connectivity index (χ3v) is 3.56. The minimum atomic E-state index is -0.873. The highest BCUT2D eigenvalue weighted by Gasteiger charge is 2.34. The van der Waals surface area contributed by atoms with Crippen molar-refractivity contribution in [2.24, 2.45) is 0 Å². The number of fused-ring (bicyclic) bond motifs is 1. The molecule has 0 aliphatic carbocycles. The quantitative estimate of drug-likeness (QED) is 0.903. The lowest BCUT2D eigenvalue weighted by Crippen LogP contribution is -2.40. The van der Waals surface area contributed by atoms with E-state index in [1.165, 1.54) is 0 Å². The molecular weight excluding hydrogens is 254 g/mol. The molecule has 0 spiro atoms. The van der Waals surface area contributed by atoms with E-state index in [0.29, 0.717) is 12.5 Å². The highest BCUT2D eigenvalue weighted by Crippen LogP contribution is 2.32. The van der Waals surface area contributed by atoms with Gasteiger partial charge in [0.1, 0.15) is 0 Å². The maximum absolute atomic E-state index is 11.7. The van der Waals surface area contributed by atoms with Crippen molar-refractivity contribution in [1.29, 1.82) is 0 Å². The van der Waals surface area contributed by atoms with Gasteiger partial charge in [0.25, 0.3) is 0 Å². The molecule has 20 heavy (non-hydrogen) atoms. The van der Waals surface area contributed by atoms with Gasteiger partial charge in [-0.3, -0.25) is 0 Å². The summed E-state index contributed by atoms with van der Waals surface area (Å²) in [4.78, 5) is 22.0. The summed E-state index contributed by atoms with van der Waals surface area (Å²) >= 11 is 0. The zero-order valence-corrected chi connectivity index (χ0v) is 11.2. The highest BCUT2D eigenvalue weighted by atomic mass is 16.4. The molecule has 0 fully saturated rings. The van der Waals surface area contributed by atoms with Gasteiger partial charge in [-0.25, -0.2) is 14.8 Å². The molecular formula is C15H15N3O2. The topological polar surface area (TPSA) is 66.3 Å². The average molecular weight is 269 g/mol. The van der Waals surface area contributed by atoms with Crippen molar-refractivity contribution in [3.8, 4) is 0 Å². The third-order valence-electron chi connectivity index (χ3n) is 3.56. The third kappa shape index (κ3) is 2.11. The molecule has 2 heterocycles. The van der Waals surface area contributed by atoms with Crippen LogP contribution in [0, 0.1) is 6.92 Å². The van der Waals surface area contributed by atoms with Crippen LogP contribution in [0.1, 0.15) is 22.9 Å². The molecule has 102 valence electrons. The van der Waals surface area contributed by atoms with Crippen molar-refractivity contribution >= 4 is 11.9 Å². The Hall–Kier alpha value is -2.43. The zero-order chi connectivity index (χ0) is 14.1. The minimum absolute atomic E-state index is 0.479. The van der Waals surface area contributed by atoms with Crippen molar-refractivity contribution in [1.82, 2.24) is 9.97 Å². The van der Waals surface area contributed by atoms with Gasteiger partial charge >= 0.3 is 5.97 Å². The Morgan fingerprint density at radius 3 is 2.90 bits per heavy atom. The van der Waals surface area contributed by atoms with E-state index in [2.05, 4.69) is 9.97 Å². The molecule has 0 bridgehead atoms. The van der Waals surface area contributed by atoms with E-state index < -0.39 is 12.0 Å². The number of hydrogen-bond acceptors (Lipinski definition) is 4. The van der Waals surface area contributed by atoms with Crippen molar-refractivity contribution < 1.29 is 9.90 Å². The van der Waals surface area contributed by atoms with Crippen LogP contribution in [0.5, 0.6) is 0 Å². The van der Waals surface area contributed by atoms with Gasteiger partial charge < -0.3 is 10.0 Å². The Balaban J connectivity index is 2.07. The first-order chi connectivity index (χ1) is 9.66. The van der Waals surface area contributed by atoms with E-state index >= 15 is 0 Å². The predicted molar refractivity (Wildman–Crippen MR) is 74.6 cm³/mol. The molecule has 1 N–H and O–H groups in total. The van der Waals surface area contributed by atoms with E-state index in [9.17, 15) is 9.90 Å². The summed E-state index contributed by atoms with van der Waals surface area (Å²) in [6.07, 6.45) is 2.47. The number of rotatable bonds is 2. The molecule has 2 aromatic rings. The van der Waals surface area contributed by atoms with Crippen LogP contribution in [0.25, 0.3) is 0 Å². The van der Waals surface area contributed by atoms with Crippen LogP contribution in [-0.2, 0) is 11.2 Å². The average Bonchev–Trinajstić information content (AvgIpc) is 2.45. The number of hydrogen-bond donors (Lipinski definition) is 1. The van der Waals surface area contributed by atoms with E-state index in [1.54, 1.807) is 17.2 Å². The normalized spacial score (nSPS) is 17.6. The fraction of sp³-hybridized carbons (Fsp3) is 0.267. The van der Waals surface area contributed by atoms with Gasteiger partial charge in [0.2, 0.25) is 5.95 Å². The minimum Gasteiger partial charge on any atom is -0.479 e. The summed E-state index contributed by atoms with van der Waals surface area (Å²) in [5.74, 6) is -0.394. The molecule has 5 heteroatoms. The largest absolute Gasteiger partial charge is 0.479 e. The molecule has 0 saturated heterocycles. The monoisotopic (exact) mass is 269 g/mol. The number of anilines is 1. The van der Waals surface area contributed by atoms with E-state index in [0.717, 1.165) is 23.2 Å². The van der Waals surface area contributed by atoms with Crippen LogP contribution in [0.3, 0.4) is 0 Å². The van der Waals surface area contributed by atoms with Crippen LogP contribution in [0.15, 0.2) is 36.5 Å². The number of aliphatic carboxylic acids is 1. The summed E-state index contributed by atoms with van der Waals surface area (Å²) in [5.41, 5.74) is 2.75. The molecule has 1 aliphatic rings. The lowest BCUT2D eigenvalue weighted by Gasteiger charge is -2.34. The Bertz CT molecular complexity index is 657. The first kappa shape index (κ1) is 12.6. The van der Waals surface area contributed by atoms with Gasteiger partial charge in [0, 0.05) is 18.4 Å². The molecule has 1 unspecified atom stereocenters. The summed E-state index contributed by atoms with van der Waals surface area (Å²) in [5, 5.41) is 9.59. The maximum Gasteiger partial charge on any atom is 0.331 e. The Kier molecular flexibility index (Phi) is 3.10. The number of nitrogens with zero attached hydrogens (tertiary/aromatic N) is 3. The zero-order valence-electron chi connectivity index (χ0n) is 11.2. The van der Waals surface area contributed by atoms with Crippen molar-refractivity contribution in [3.05, 3.63) is 53.3 Å². The van der Waals surface area contributed by atoms with Gasteiger partial charge in [-0.1, -0.05) is 24.3 Å². The first-order valence-corrected chi connectivity index (χ1v) is 6.54. The van der Waals surface area contributed by atoms with Crippen LogP contribution in [0.4, 0.5) is 5.95 Å². The number of carboxylic acids is 1. The van der Waals surface area contributed by atoms with Crippen LogP contribution in [-0.4, -0.2) is 27.6 Å². The Labute approximate surface area is 116 Å². The second kappa shape index (κ2) is 4.92.